The van der Waals surface area contributed by atoms with Gasteiger partial charge in [-0.15, -0.1) is 0 Å². The van der Waals surface area contributed by atoms with E-state index in [1.807, 2.05) is 0 Å². The van der Waals surface area contributed by atoms with Crippen molar-refractivity contribution in [3.8, 4) is 16.9 Å². The van der Waals surface area contributed by atoms with Gasteiger partial charge in [0.25, 0.3) is 5.91 Å². The minimum Gasteiger partial charge on any atom is -0.489 e. The minimum atomic E-state index is -2.86. The SMILES string of the molecule is O=C(OC1CCOCC1)N(Cc1ccc(Cl)cc1)C(=O)c1cc(O[C@H]2CCN3C(=O)OC[C@@H]3C2)c(-c2cnn(C(F)F)c2)cn1. The van der Waals surface area contributed by atoms with Gasteiger partial charge < -0.3 is 23.8 Å². The average Bonchev–Trinajstić information content (AvgIpc) is 3.68. The topological polar surface area (TPSA) is 125 Å². The zero-order valence-corrected chi connectivity index (χ0v) is 24.8. The molecule has 0 aliphatic carbocycles. The predicted octanol–water partition coefficient (Wildman–Crippen LogP) is 5.31. The first kappa shape index (κ1) is 30.7. The number of pyridine rings is 1. The number of nitrogens with zero attached hydrogens (tertiary/aromatic N) is 5. The van der Waals surface area contributed by atoms with Crippen molar-refractivity contribution in [3.05, 3.63) is 65.2 Å². The molecule has 0 unspecified atom stereocenters. The monoisotopic (exact) mass is 645 g/mol. The van der Waals surface area contributed by atoms with Gasteiger partial charge in [-0.2, -0.15) is 13.9 Å². The molecule has 3 aliphatic rings. The summed E-state index contributed by atoms with van der Waals surface area (Å²) in [6.07, 6.45) is 3.68. The lowest BCUT2D eigenvalue weighted by atomic mass is 10.0. The summed E-state index contributed by atoms with van der Waals surface area (Å²) in [6.45, 7) is -1.45. The molecule has 2 aromatic heterocycles. The highest BCUT2D eigenvalue weighted by molar-refractivity contribution is 6.30. The number of carbonyl (C=O) groups excluding carboxylic acids is 3. The largest absolute Gasteiger partial charge is 0.489 e. The van der Waals surface area contributed by atoms with E-state index in [1.54, 1.807) is 29.2 Å². The molecule has 0 spiro atoms. The van der Waals surface area contributed by atoms with Crippen LogP contribution in [-0.2, 0) is 20.8 Å². The van der Waals surface area contributed by atoms with E-state index in [-0.39, 0.29) is 42.8 Å². The second-order valence-electron chi connectivity index (χ2n) is 11.0. The van der Waals surface area contributed by atoms with Crippen molar-refractivity contribution in [2.75, 3.05) is 26.4 Å². The lowest BCUT2D eigenvalue weighted by molar-refractivity contribution is -0.00940. The zero-order valence-electron chi connectivity index (χ0n) is 24.0. The highest BCUT2D eigenvalue weighted by Gasteiger charge is 2.39. The summed E-state index contributed by atoms with van der Waals surface area (Å²) in [5.41, 5.74) is 1.13. The maximum Gasteiger partial charge on any atom is 0.417 e. The molecule has 0 radical (unpaired) electrons. The Morgan fingerprint density at radius 3 is 2.62 bits per heavy atom. The number of cyclic esters (lactones) is 1. The number of rotatable bonds is 8. The van der Waals surface area contributed by atoms with E-state index >= 15 is 0 Å². The minimum absolute atomic E-state index is 0.118. The second-order valence-corrected chi connectivity index (χ2v) is 11.4. The van der Waals surface area contributed by atoms with Gasteiger partial charge in [0.05, 0.1) is 32.0 Å². The van der Waals surface area contributed by atoms with Crippen molar-refractivity contribution in [2.45, 2.75) is 57.0 Å². The highest BCUT2D eigenvalue weighted by Crippen LogP contribution is 2.34. The van der Waals surface area contributed by atoms with Crippen LogP contribution in [0.1, 0.15) is 48.3 Å². The van der Waals surface area contributed by atoms with Crippen molar-refractivity contribution in [2.24, 2.45) is 0 Å². The fourth-order valence-corrected chi connectivity index (χ4v) is 5.66. The third-order valence-electron chi connectivity index (χ3n) is 7.95. The van der Waals surface area contributed by atoms with Crippen LogP contribution in [0.5, 0.6) is 5.75 Å². The van der Waals surface area contributed by atoms with Crippen molar-refractivity contribution in [1.29, 1.82) is 0 Å². The summed E-state index contributed by atoms with van der Waals surface area (Å²) in [5.74, 6) is -0.554. The molecule has 3 aromatic rings. The maximum absolute atomic E-state index is 14.0. The van der Waals surface area contributed by atoms with Crippen molar-refractivity contribution < 1.29 is 42.1 Å². The quantitative estimate of drug-likeness (QED) is 0.320. The van der Waals surface area contributed by atoms with Gasteiger partial charge in [-0.3, -0.25) is 9.78 Å². The van der Waals surface area contributed by atoms with Crippen molar-refractivity contribution in [3.63, 3.8) is 0 Å². The number of amides is 3. The molecule has 0 N–H and O–H groups in total. The maximum atomic E-state index is 14.0. The number of piperidine rings is 1. The number of ether oxygens (including phenoxy) is 4. The number of imide groups is 1. The number of hydrogen-bond donors (Lipinski definition) is 0. The molecule has 2 atom stereocenters. The summed E-state index contributed by atoms with van der Waals surface area (Å²) < 4.78 is 49.7. The van der Waals surface area contributed by atoms with Gasteiger partial charge >= 0.3 is 18.7 Å². The van der Waals surface area contributed by atoms with Crippen LogP contribution in [0.2, 0.25) is 5.02 Å². The van der Waals surface area contributed by atoms with Gasteiger partial charge in [-0.1, -0.05) is 23.7 Å². The van der Waals surface area contributed by atoms with Crippen LogP contribution in [0.25, 0.3) is 11.1 Å². The first-order chi connectivity index (χ1) is 21.7. The van der Waals surface area contributed by atoms with E-state index in [4.69, 9.17) is 30.5 Å². The van der Waals surface area contributed by atoms with Crippen molar-refractivity contribution >= 4 is 29.7 Å². The van der Waals surface area contributed by atoms with Crippen LogP contribution in [0, 0.1) is 0 Å². The van der Waals surface area contributed by atoms with E-state index in [0.717, 1.165) is 11.1 Å². The summed E-state index contributed by atoms with van der Waals surface area (Å²) in [6, 6.07) is 7.90. The Morgan fingerprint density at radius 2 is 1.89 bits per heavy atom. The molecule has 5 heterocycles. The van der Waals surface area contributed by atoms with Gasteiger partial charge in [-0.05, 0) is 17.7 Å². The van der Waals surface area contributed by atoms with Crippen LogP contribution in [0.3, 0.4) is 0 Å². The van der Waals surface area contributed by atoms with E-state index in [0.29, 0.717) is 71.8 Å². The molecule has 12 nitrogen and oxygen atoms in total. The molecule has 3 aliphatic heterocycles. The van der Waals surface area contributed by atoms with Gasteiger partial charge in [0.1, 0.15) is 30.3 Å². The number of carbonyl (C=O) groups is 3. The molecule has 0 bridgehead atoms. The van der Waals surface area contributed by atoms with E-state index in [9.17, 15) is 23.2 Å². The summed E-state index contributed by atoms with van der Waals surface area (Å²) in [4.78, 5) is 46.3. The third-order valence-corrected chi connectivity index (χ3v) is 8.20. The highest BCUT2D eigenvalue weighted by atomic mass is 35.5. The summed E-state index contributed by atoms with van der Waals surface area (Å²) >= 11 is 6.03. The first-order valence-electron chi connectivity index (χ1n) is 14.5. The lowest BCUT2D eigenvalue weighted by Gasteiger charge is -2.33. The Morgan fingerprint density at radius 1 is 1.11 bits per heavy atom. The smallest absolute Gasteiger partial charge is 0.417 e. The molecule has 1 aromatic carbocycles. The number of halogens is 3. The molecular formula is C30H30ClF2N5O7. The molecule has 238 valence electrons. The Balaban J connectivity index is 1.30. The van der Waals surface area contributed by atoms with E-state index in [2.05, 4.69) is 10.1 Å². The Kier molecular flexibility index (Phi) is 9.12. The third kappa shape index (κ3) is 7.01. The second kappa shape index (κ2) is 13.4. The summed E-state index contributed by atoms with van der Waals surface area (Å²) in [7, 11) is 0. The van der Waals surface area contributed by atoms with Gasteiger partial charge in [0.15, 0.2) is 0 Å². The number of fused-ring (bicyclic) bond motifs is 1. The van der Waals surface area contributed by atoms with Gasteiger partial charge in [-0.25, -0.2) is 19.2 Å². The molecule has 3 saturated heterocycles. The fourth-order valence-electron chi connectivity index (χ4n) is 5.53. The average molecular weight is 646 g/mol. The Labute approximate surface area is 261 Å². The molecule has 0 saturated carbocycles. The first-order valence-corrected chi connectivity index (χ1v) is 14.9. The van der Waals surface area contributed by atoms with Gasteiger partial charge in [0.2, 0.25) is 0 Å². The Hall–Kier alpha value is -4.30. The molecule has 6 rings (SSSR count). The zero-order chi connectivity index (χ0) is 31.5. The lowest BCUT2D eigenvalue weighted by Crippen LogP contribution is -2.44. The molecule has 3 amide bonds. The molecule has 15 heteroatoms. The van der Waals surface area contributed by atoms with Crippen molar-refractivity contribution in [1.82, 2.24) is 24.6 Å². The van der Waals surface area contributed by atoms with E-state index < -0.39 is 24.7 Å². The normalized spacial score (nSPS) is 20.1. The molecular weight excluding hydrogens is 616 g/mol. The number of hydrogen-bond acceptors (Lipinski definition) is 9. The molecule has 45 heavy (non-hydrogen) atoms. The standard InChI is InChI=1S/C30H30ClF2N5O7/c31-20-3-1-18(2-4-20)15-37(30(41)45-22-6-9-42-10-7-22)27(39)25-12-26(24(14-34-25)19-13-35-38(16-19)28(32)33)44-23-5-8-36-21(11-23)17-43-29(36)40/h1-4,12-14,16,21-23,28H,5-11,15,17H2/t21-,23-/m0/s1. The number of benzene rings is 1. The number of aromatic nitrogens is 3. The Bertz CT molecular complexity index is 1550. The van der Waals surface area contributed by atoms with Crippen LogP contribution in [0.4, 0.5) is 18.4 Å². The number of alkyl halides is 2. The van der Waals surface area contributed by atoms with Gasteiger partial charge in [0, 0.05) is 66.8 Å². The van der Waals surface area contributed by atoms with Crippen LogP contribution >= 0.6 is 11.6 Å². The fraction of sp³-hybridized carbons (Fsp3) is 0.433. The predicted molar refractivity (Wildman–Crippen MR) is 154 cm³/mol. The molecule has 3 fully saturated rings. The van der Waals surface area contributed by atoms with Crippen LogP contribution < -0.4 is 4.74 Å². The summed E-state index contributed by atoms with van der Waals surface area (Å²) in [5, 5.41) is 4.21. The van der Waals surface area contributed by atoms with Crippen LogP contribution in [-0.4, -0.2) is 87.3 Å². The van der Waals surface area contributed by atoms with E-state index in [1.165, 1.54) is 18.5 Å². The van der Waals surface area contributed by atoms with Crippen LogP contribution in [0.15, 0.2) is 48.9 Å².